The molecule has 210 valence electrons. The Kier molecular flexibility index (Phi) is 7.65. The number of hydrogen-bond acceptors (Lipinski definition) is 7. The van der Waals surface area contributed by atoms with Gasteiger partial charge in [-0.05, 0) is 45.7 Å². The Morgan fingerprint density at radius 3 is 2.60 bits per heavy atom. The van der Waals surface area contributed by atoms with E-state index in [1.54, 1.807) is 35.5 Å². The van der Waals surface area contributed by atoms with Gasteiger partial charge in [-0.2, -0.15) is 0 Å². The molecule has 0 bridgehead atoms. The predicted octanol–water partition coefficient (Wildman–Crippen LogP) is 5.01. The Bertz CT molecular complexity index is 1560. The maximum atomic E-state index is 15.8. The maximum Gasteiger partial charge on any atom is 0.272 e. The van der Waals surface area contributed by atoms with E-state index in [-0.39, 0.29) is 40.3 Å². The van der Waals surface area contributed by atoms with Gasteiger partial charge in [0.05, 0.1) is 28.5 Å². The average Bonchev–Trinajstić information content (AvgIpc) is 3.28. The Labute approximate surface area is 236 Å². The monoisotopic (exact) mass is 566 g/mol. The number of rotatable bonds is 6. The zero-order valence-corrected chi connectivity index (χ0v) is 23.6. The van der Waals surface area contributed by atoms with Gasteiger partial charge in [0.15, 0.2) is 5.82 Å². The van der Waals surface area contributed by atoms with Crippen LogP contribution in [0.5, 0.6) is 5.75 Å². The minimum absolute atomic E-state index is 0.0706. The SMILES string of the molecule is Cc1nc([C@@H](C)c2cc(Cl)c(F)c(-c3ccc(C(=O)N4CCC(O)CC4)nc3)c2OC(C)C)n2ccnc(N)c12. The van der Waals surface area contributed by atoms with Crippen LogP contribution in [-0.4, -0.2) is 60.6 Å². The smallest absolute Gasteiger partial charge is 0.272 e. The number of aromatic nitrogens is 4. The second-order valence-electron chi connectivity index (χ2n) is 10.4. The summed E-state index contributed by atoms with van der Waals surface area (Å²) < 4.78 is 23.9. The molecule has 9 nitrogen and oxygen atoms in total. The number of pyridine rings is 1. The van der Waals surface area contributed by atoms with Gasteiger partial charge in [-0.3, -0.25) is 14.2 Å². The summed E-state index contributed by atoms with van der Waals surface area (Å²) in [5.74, 6) is 0.132. The number of ether oxygens (including phenoxy) is 1. The van der Waals surface area contributed by atoms with E-state index in [4.69, 9.17) is 27.1 Å². The number of aliphatic hydroxyl groups is 1. The van der Waals surface area contributed by atoms with Crippen LogP contribution in [0, 0.1) is 12.7 Å². The standard InChI is InChI=1S/C29H32ClFN6O3/c1-15(2)40-26-20(16(3)28-35-17(4)25-27(32)33-9-12-37(25)28)13-21(30)24(31)23(26)18-5-6-22(34-14-18)29(39)36-10-7-19(38)8-11-36/h5-6,9,12-16,19,38H,7-8,10-11H2,1-4H3,(H2,32,33)/t16-/m0/s1. The molecule has 3 N–H and O–H groups in total. The van der Waals surface area contributed by atoms with Gasteiger partial charge in [-0.1, -0.05) is 24.6 Å². The van der Waals surface area contributed by atoms with Crippen LogP contribution in [0.4, 0.5) is 10.2 Å². The number of aliphatic hydroxyl groups excluding tert-OH is 1. The summed E-state index contributed by atoms with van der Waals surface area (Å²) in [7, 11) is 0. The molecule has 1 saturated heterocycles. The normalized spacial score (nSPS) is 15.2. The minimum Gasteiger partial charge on any atom is -0.490 e. The zero-order valence-electron chi connectivity index (χ0n) is 22.9. The molecule has 0 unspecified atom stereocenters. The number of aryl methyl sites for hydroxylation is 1. The number of nitrogens with zero attached hydrogens (tertiary/aromatic N) is 5. The number of imidazole rings is 1. The first-order valence-corrected chi connectivity index (χ1v) is 13.7. The van der Waals surface area contributed by atoms with Crippen LogP contribution in [0.25, 0.3) is 16.6 Å². The number of hydrogen-bond donors (Lipinski definition) is 2. The van der Waals surface area contributed by atoms with Gasteiger partial charge >= 0.3 is 0 Å². The number of carbonyl (C=O) groups is 1. The lowest BCUT2D eigenvalue weighted by atomic mass is 9.93. The third kappa shape index (κ3) is 5.09. The number of amides is 1. The first-order chi connectivity index (χ1) is 19.1. The highest BCUT2D eigenvalue weighted by Gasteiger charge is 2.29. The highest BCUT2D eigenvalue weighted by molar-refractivity contribution is 6.31. The largest absolute Gasteiger partial charge is 0.490 e. The van der Waals surface area contributed by atoms with Crippen molar-refractivity contribution in [1.29, 1.82) is 0 Å². The summed E-state index contributed by atoms with van der Waals surface area (Å²) >= 11 is 6.46. The number of halogens is 2. The molecule has 0 spiro atoms. The lowest BCUT2D eigenvalue weighted by molar-refractivity contribution is 0.0541. The lowest BCUT2D eigenvalue weighted by Crippen LogP contribution is -2.40. The van der Waals surface area contributed by atoms with E-state index in [1.165, 1.54) is 6.20 Å². The first kappa shape index (κ1) is 27.8. The molecular formula is C29H32ClFN6O3. The molecule has 4 heterocycles. The topological polar surface area (TPSA) is 119 Å². The average molecular weight is 567 g/mol. The Morgan fingerprint density at radius 2 is 1.95 bits per heavy atom. The number of piperidine rings is 1. The van der Waals surface area contributed by atoms with Crippen molar-refractivity contribution in [2.75, 3.05) is 18.8 Å². The fourth-order valence-corrected chi connectivity index (χ4v) is 5.40. The van der Waals surface area contributed by atoms with Crippen LogP contribution in [0.3, 0.4) is 0 Å². The van der Waals surface area contributed by atoms with Crippen LogP contribution in [0.15, 0.2) is 36.8 Å². The van der Waals surface area contributed by atoms with Crippen LogP contribution < -0.4 is 10.5 Å². The van der Waals surface area contributed by atoms with Crippen molar-refractivity contribution in [3.05, 3.63) is 70.4 Å². The molecule has 5 rings (SSSR count). The molecule has 1 amide bonds. The minimum atomic E-state index is -0.642. The molecule has 0 radical (unpaired) electrons. The van der Waals surface area contributed by atoms with E-state index in [2.05, 4.69) is 9.97 Å². The van der Waals surface area contributed by atoms with Crippen LogP contribution in [-0.2, 0) is 0 Å². The van der Waals surface area contributed by atoms with Gasteiger partial charge in [0.25, 0.3) is 5.91 Å². The van der Waals surface area contributed by atoms with Crippen molar-refractivity contribution in [2.24, 2.45) is 0 Å². The van der Waals surface area contributed by atoms with E-state index in [0.717, 1.165) is 5.69 Å². The summed E-state index contributed by atoms with van der Waals surface area (Å²) in [5, 5.41) is 9.68. The van der Waals surface area contributed by atoms with Crippen molar-refractivity contribution in [1.82, 2.24) is 24.3 Å². The highest BCUT2D eigenvalue weighted by Crippen LogP contribution is 2.44. The summed E-state index contributed by atoms with van der Waals surface area (Å²) in [6, 6.07) is 4.79. The van der Waals surface area contributed by atoms with Crippen molar-refractivity contribution in [3.8, 4) is 16.9 Å². The van der Waals surface area contributed by atoms with E-state index < -0.39 is 5.82 Å². The molecule has 0 saturated carbocycles. The fourth-order valence-electron chi connectivity index (χ4n) is 5.18. The van der Waals surface area contributed by atoms with Crippen molar-refractivity contribution >= 4 is 28.8 Å². The molecule has 0 aliphatic carbocycles. The highest BCUT2D eigenvalue weighted by atomic mass is 35.5. The molecule has 1 aromatic carbocycles. The second kappa shape index (κ2) is 11.0. The molecule has 40 heavy (non-hydrogen) atoms. The van der Waals surface area contributed by atoms with Gasteiger partial charge in [0.1, 0.15) is 28.6 Å². The quantitative estimate of drug-likeness (QED) is 0.337. The Balaban J connectivity index is 1.59. The summed E-state index contributed by atoms with van der Waals surface area (Å²) in [5.41, 5.74) is 9.02. The fraction of sp³-hybridized carbons (Fsp3) is 0.379. The molecule has 11 heteroatoms. The van der Waals surface area contributed by atoms with Crippen molar-refractivity contribution in [3.63, 3.8) is 0 Å². The number of nitrogen functional groups attached to an aromatic ring is 1. The van der Waals surface area contributed by atoms with Crippen LogP contribution in [0.1, 0.15) is 67.1 Å². The predicted molar refractivity (Wildman–Crippen MR) is 151 cm³/mol. The van der Waals surface area contributed by atoms with Gasteiger partial charge < -0.3 is 20.5 Å². The van der Waals surface area contributed by atoms with Crippen LogP contribution >= 0.6 is 11.6 Å². The maximum absolute atomic E-state index is 15.8. The molecule has 1 atom stereocenters. The second-order valence-corrected chi connectivity index (χ2v) is 10.8. The summed E-state index contributed by atoms with van der Waals surface area (Å²) in [6.07, 6.45) is 5.26. The molecule has 1 aliphatic rings. The van der Waals surface area contributed by atoms with E-state index >= 15 is 4.39 Å². The van der Waals surface area contributed by atoms with Gasteiger partial charge in [0, 0.05) is 48.7 Å². The number of carbonyl (C=O) groups excluding carboxylic acids is 1. The number of nitrogens with two attached hydrogens (primary N) is 1. The summed E-state index contributed by atoms with van der Waals surface area (Å²) in [6.45, 7) is 8.45. The number of benzene rings is 1. The summed E-state index contributed by atoms with van der Waals surface area (Å²) in [4.78, 5) is 27.9. The van der Waals surface area contributed by atoms with Crippen LogP contribution in [0.2, 0.25) is 5.02 Å². The van der Waals surface area contributed by atoms with Gasteiger partial charge in [-0.25, -0.2) is 14.4 Å². The van der Waals surface area contributed by atoms with E-state index in [1.807, 2.05) is 32.1 Å². The molecule has 4 aromatic rings. The molecule has 1 fully saturated rings. The van der Waals surface area contributed by atoms with Crippen molar-refractivity contribution < 1.29 is 19.0 Å². The third-order valence-electron chi connectivity index (χ3n) is 7.22. The first-order valence-electron chi connectivity index (χ1n) is 13.3. The number of fused-ring (bicyclic) bond motifs is 1. The Morgan fingerprint density at radius 1 is 1.23 bits per heavy atom. The molecule has 1 aliphatic heterocycles. The Hall–Kier alpha value is -3.76. The van der Waals surface area contributed by atoms with E-state index in [0.29, 0.717) is 60.0 Å². The third-order valence-corrected chi connectivity index (χ3v) is 7.49. The zero-order chi connectivity index (χ0) is 28.7. The number of likely N-dealkylation sites (tertiary alicyclic amines) is 1. The van der Waals surface area contributed by atoms with Crippen molar-refractivity contribution in [2.45, 2.75) is 58.7 Å². The number of anilines is 1. The lowest BCUT2D eigenvalue weighted by Gasteiger charge is -2.29. The van der Waals surface area contributed by atoms with Gasteiger partial charge in [-0.15, -0.1) is 0 Å². The van der Waals surface area contributed by atoms with Gasteiger partial charge in [0.2, 0.25) is 0 Å². The molecule has 3 aromatic heterocycles. The molecular weight excluding hydrogens is 535 g/mol. The van der Waals surface area contributed by atoms with E-state index in [9.17, 15) is 9.90 Å².